The molecule has 0 spiro atoms. The number of amides is 1. The summed E-state index contributed by atoms with van der Waals surface area (Å²) in [5.41, 5.74) is 9.47. The Labute approximate surface area is 167 Å². The van der Waals surface area contributed by atoms with E-state index in [4.69, 9.17) is 5.73 Å². The average Bonchev–Trinajstić information content (AvgIpc) is 2.87. The Morgan fingerprint density at radius 1 is 1.26 bits per heavy atom. The molecule has 1 aromatic carbocycles. The van der Waals surface area contributed by atoms with E-state index in [-0.39, 0.29) is 30.2 Å². The van der Waals surface area contributed by atoms with Crippen LogP contribution in [0.15, 0.2) is 24.3 Å². The zero-order valence-electron chi connectivity index (χ0n) is 16.7. The van der Waals surface area contributed by atoms with E-state index in [1.807, 2.05) is 20.9 Å². The molecule has 0 aliphatic rings. The van der Waals surface area contributed by atoms with Gasteiger partial charge in [-0.05, 0) is 50.5 Å². The fourth-order valence-corrected chi connectivity index (χ4v) is 2.85. The van der Waals surface area contributed by atoms with Crippen LogP contribution in [0.3, 0.4) is 0 Å². The maximum absolute atomic E-state index is 13.1. The van der Waals surface area contributed by atoms with Gasteiger partial charge in [-0.3, -0.25) is 4.79 Å². The van der Waals surface area contributed by atoms with Gasteiger partial charge in [-0.15, -0.1) is 12.4 Å². The minimum Gasteiger partial charge on any atom is -0.345 e. The lowest BCUT2D eigenvalue weighted by molar-refractivity contribution is -0.129. The van der Waals surface area contributed by atoms with Crippen LogP contribution in [0.5, 0.6) is 0 Å². The fourth-order valence-electron chi connectivity index (χ4n) is 2.85. The van der Waals surface area contributed by atoms with E-state index < -0.39 is 0 Å². The van der Waals surface area contributed by atoms with Crippen molar-refractivity contribution >= 4 is 18.3 Å². The number of carbonyl (C=O) groups is 1. The lowest BCUT2D eigenvalue weighted by Crippen LogP contribution is -2.35. The van der Waals surface area contributed by atoms with E-state index in [1.165, 1.54) is 12.1 Å². The number of aromatic nitrogens is 2. The third-order valence-electron chi connectivity index (χ3n) is 4.92. The van der Waals surface area contributed by atoms with Gasteiger partial charge in [0.1, 0.15) is 5.82 Å². The number of nitrogens with zero attached hydrogens (tertiary/aromatic N) is 3. The fraction of sp³-hybridized carbons (Fsp3) is 0.500. The molecule has 7 heteroatoms. The molecular formula is C20H30ClFN4O. The van der Waals surface area contributed by atoms with Crippen molar-refractivity contribution in [2.75, 3.05) is 13.6 Å². The van der Waals surface area contributed by atoms with Gasteiger partial charge in [0.05, 0.1) is 17.8 Å². The van der Waals surface area contributed by atoms with Crippen molar-refractivity contribution in [1.29, 1.82) is 0 Å². The Morgan fingerprint density at radius 3 is 2.41 bits per heavy atom. The van der Waals surface area contributed by atoms with Crippen molar-refractivity contribution in [2.24, 2.45) is 11.7 Å². The lowest BCUT2D eigenvalue weighted by atomic mass is 10.0. The van der Waals surface area contributed by atoms with Crippen LogP contribution < -0.4 is 5.73 Å². The molecule has 0 radical (unpaired) electrons. The first-order valence-electron chi connectivity index (χ1n) is 9.01. The molecule has 2 N–H and O–H groups in total. The molecule has 150 valence electrons. The summed E-state index contributed by atoms with van der Waals surface area (Å²) in [5, 5.41) is 4.52. The van der Waals surface area contributed by atoms with Crippen LogP contribution in [0.1, 0.15) is 37.2 Å². The maximum Gasteiger partial charge on any atom is 0.226 e. The molecule has 0 aliphatic heterocycles. The normalized spacial score (nSPS) is 12.0. The zero-order valence-corrected chi connectivity index (χ0v) is 17.5. The van der Waals surface area contributed by atoms with Crippen molar-refractivity contribution in [3.8, 4) is 5.69 Å². The Hall–Kier alpha value is -1.92. The van der Waals surface area contributed by atoms with Crippen LogP contribution in [0.2, 0.25) is 0 Å². The van der Waals surface area contributed by atoms with Gasteiger partial charge in [-0.1, -0.05) is 13.8 Å². The van der Waals surface area contributed by atoms with Gasteiger partial charge < -0.3 is 10.6 Å². The standard InChI is InChI=1S/C20H29FN4O.ClH/c1-13(2)19(22)10-11-24(5)20(26)12-18-14(3)23-25(15(18)4)17-8-6-16(21)7-9-17;/h6-9,13,19H,10-12,22H2,1-5H3;1H. The van der Waals surface area contributed by atoms with E-state index in [0.29, 0.717) is 18.9 Å². The van der Waals surface area contributed by atoms with Gasteiger partial charge in [0.2, 0.25) is 5.91 Å². The Morgan fingerprint density at radius 2 is 1.85 bits per heavy atom. The first-order chi connectivity index (χ1) is 12.2. The lowest BCUT2D eigenvalue weighted by Gasteiger charge is -2.21. The molecule has 2 rings (SSSR count). The number of nitrogens with two attached hydrogens (primary N) is 1. The minimum absolute atomic E-state index is 0. The smallest absolute Gasteiger partial charge is 0.226 e. The molecule has 0 fully saturated rings. The molecule has 2 aromatic rings. The predicted molar refractivity (Wildman–Crippen MR) is 109 cm³/mol. The van der Waals surface area contributed by atoms with Gasteiger partial charge in [0.15, 0.2) is 0 Å². The third kappa shape index (κ3) is 5.78. The summed E-state index contributed by atoms with van der Waals surface area (Å²) in [6.07, 6.45) is 1.08. The molecule has 0 saturated heterocycles. The largest absolute Gasteiger partial charge is 0.345 e. The number of likely N-dealkylation sites (N-methyl/N-ethyl adjacent to an activating group) is 1. The van der Waals surface area contributed by atoms with Crippen molar-refractivity contribution in [1.82, 2.24) is 14.7 Å². The average molecular weight is 397 g/mol. The monoisotopic (exact) mass is 396 g/mol. The second kappa shape index (κ2) is 9.85. The first kappa shape index (κ1) is 23.1. The van der Waals surface area contributed by atoms with E-state index in [0.717, 1.165) is 29.1 Å². The van der Waals surface area contributed by atoms with Crippen molar-refractivity contribution in [3.05, 3.63) is 47.0 Å². The van der Waals surface area contributed by atoms with Crippen LogP contribution in [-0.2, 0) is 11.2 Å². The molecule has 1 heterocycles. The summed E-state index contributed by atoms with van der Waals surface area (Å²) in [7, 11) is 1.81. The second-order valence-corrected chi connectivity index (χ2v) is 7.23. The number of benzene rings is 1. The molecule has 0 aliphatic carbocycles. The number of rotatable bonds is 7. The number of hydrogen-bond acceptors (Lipinski definition) is 3. The topological polar surface area (TPSA) is 64.2 Å². The van der Waals surface area contributed by atoms with Gasteiger partial charge in [-0.2, -0.15) is 5.10 Å². The summed E-state index contributed by atoms with van der Waals surface area (Å²) in [6, 6.07) is 6.26. The first-order valence-corrected chi connectivity index (χ1v) is 9.01. The minimum atomic E-state index is -0.285. The number of aryl methyl sites for hydroxylation is 1. The molecule has 27 heavy (non-hydrogen) atoms. The molecule has 1 unspecified atom stereocenters. The molecule has 0 saturated carbocycles. The third-order valence-corrected chi connectivity index (χ3v) is 4.92. The van der Waals surface area contributed by atoms with Crippen molar-refractivity contribution < 1.29 is 9.18 Å². The van der Waals surface area contributed by atoms with E-state index in [1.54, 1.807) is 21.7 Å². The van der Waals surface area contributed by atoms with Crippen LogP contribution >= 0.6 is 12.4 Å². The molecule has 0 bridgehead atoms. The highest BCUT2D eigenvalue weighted by molar-refractivity contribution is 5.85. The van der Waals surface area contributed by atoms with Crippen LogP contribution in [0.4, 0.5) is 4.39 Å². The highest BCUT2D eigenvalue weighted by Crippen LogP contribution is 2.19. The van der Waals surface area contributed by atoms with Gasteiger partial charge in [0, 0.05) is 30.9 Å². The van der Waals surface area contributed by atoms with E-state index in [2.05, 4.69) is 18.9 Å². The van der Waals surface area contributed by atoms with Crippen molar-refractivity contribution in [3.63, 3.8) is 0 Å². The number of hydrogen-bond donors (Lipinski definition) is 1. The van der Waals surface area contributed by atoms with Gasteiger partial charge >= 0.3 is 0 Å². The Bertz CT molecular complexity index is 758. The highest BCUT2D eigenvalue weighted by atomic mass is 35.5. The summed E-state index contributed by atoms with van der Waals surface area (Å²) in [5.74, 6) is 0.162. The van der Waals surface area contributed by atoms with Gasteiger partial charge in [0.25, 0.3) is 0 Å². The van der Waals surface area contributed by atoms with Crippen LogP contribution in [0.25, 0.3) is 5.69 Å². The summed E-state index contributed by atoms with van der Waals surface area (Å²) < 4.78 is 14.9. The van der Waals surface area contributed by atoms with E-state index in [9.17, 15) is 9.18 Å². The van der Waals surface area contributed by atoms with E-state index >= 15 is 0 Å². The Balaban J connectivity index is 0.00000364. The SMILES string of the molecule is Cc1nn(-c2ccc(F)cc2)c(C)c1CC(=O)N(C)CCC(N)C(C)C.Cl. The highest BCUT2D eigenvalue weighted by Gasteiger charge is 2.19. The molecule has 5 nitrogen and oxygen atoms in total. The summed E-state index contributed by atoms with van der Waals surface area (Å²) >= 11 is 0. The summed E-state index contributed by atoms with van der Waals surface area (Å²) in [4.78, 5) is 14.3. The Kier molecular flexibility index (Phi) is 8.44. The van der Waals surface area contributed by atoms with Crippen LogP contribution in [-0.4, -0.2) is 40.2 Å². The predicted octanol–water partition coefficient (Wildman–Crippen LogP) is 3.42. The van der Waals surface area contributed by atoms with Crippen molar-refractivity contribution in [2.45, 2.75) is 46.6 Å². The number of halogens is 2. The molecule has 1 aromatic heterocycles. The maximum atomic E-state index is 13.1. The second-order valence-electron chi connectivity index (χ2n) is 7.23. The number of carbonyl (C=O) groups excluding carboxylic acids is 1. The quantitative estimate of drug-likeness (QED) is 0.779. The van der Waals surface area contributed by atoms with Crippen LogP contribution in [0, 0.1) is 25.6 Å². The molecule has 1 amide bonds. The molecule has 1 atom stereocenters. The summed E-state index contributed by atoms with van der Waals surface area (Å²) in [6.45, 7) is 8.64. The van der Waals surface area contributed by atoms with Gasteiger partial charge in [-0.25, -0.2) is 9.07 Å². The zero-order chi connectivity index (χ0) is 19.4. The molecular weight excluding hydrogens is 367 g/mol.